The Balaban J connectivity index is 1.94. The summed E-state index contributed by atoms with van der Waals surface area (Å²) in [5.74, 6) is -0.144. The molecular weight excluding hydrogens is 340 g/mol. The molecule has 1 aromatic heterocycles. The van der Waals surface area contributed by atoms with Crippen molar-refractivity contribution in [2.45, 2.75) is 13.8 Å². The van der Waals surface area contributed by atoms with Gasteiger partial charge in [0.15, 0.2) is 0 Å². The molecule has 0 spiro atoms. The summed E-state index contributed by atoms with van der Waals surface area (Å²) in [7, 11) is 0. The Bertz CT molecular complexity index is 857. The summed E-state index contributed by atoms with van der Waals surface area (Å²) in [5, 5.41) is 3.87. The molecule has 0 fully saturated rings. The zero-order valence-corrected chi connectivity index (χ0v) is 13.9. The van der Waals surface area contributed by atoms with E-state index in [9.17, 15) is 4.79 Å². The highest BCUT2D eigenvalue weighted by Crippen LogP contribution is 2.20. The molecule has 0 atom stereocenters. The predicted molar refractivity (Wildman–Crippen MR) is 93.3 cm³/mol. The number of amides is 1. The second-order valence-electron chi connectivity index (χ2n) is 5.28. The van der Waals surface area contributed by atoms with E-state index in [4.69, 9.17) is 0 Å². The fraction of sp³-hybridized carbons (Fsp3) is 0.111. The number of hydrogen-bond acceptors (Lipinski definition) is 2. The smallest absolute Gasteiger partial charge is 0.257 e. The van der Waals surface area contributed by atoms with Gasteiger partial charge in [0.2, 0.25) is 0 Å². The molecule has 0 aliphatic carbocycles. The molecule has 0 saturated carbocycles. The number of nitrogens with one attached hydrogen (secondary N) is 1. The summed E-state index contributed by atoms with van der Waals surface area (Å²) in [6, 6.07) is 15.4. The van der Waals surface area contributed by atoms with Crippen LogP contribution in [0.15, 0.2) is 53.0 Å². The Morgan fingerprint density at radius 1 is 1.05 bits per heavy atom. The van der Waals surface area contributed by atoms with Crippen LogP contribution in [0, 0.1) is 13.8 Å². The first-order valence-corrected chi connectivity index (χ1v) is 7.77. The highest BCUT2D eigenvalue weighted by atomic mass is 79.9. The predicted octanol–water partition coefficient (Wildman–Crippen LogP) is 4.87. The van der Waals surface area contributed by atoms with E-state index in [1.807, 2.05) is 62.4 Å². The van der Waals surface area contributed by atoms with Crippen LogP contribution in [-0.4, -0.2) is 10.9 Å². The average molecular weight is 355 g/mol. The van der Waals surface area contributed by atoms with Crippen molar-refractivity contribution in [2.75, 3.05) is 5.32 Å². The minimum Gasteiger partial charge on any atom is -0.322 e. The van der Waals surface area contributed by atoms with Gasteiger partial charge in [0.1, 0.15) is 0 Å². The van der Waals surface area contributed by atoms with E-state index in [0.29, 0.717) is 5.56 Å². The van der Waals surface area contributed by atoms with Crippen molar-refractivity contribution in [3.05, 3.63) is 69.8 Å². The van der Waals surface area contributed by atoms with Crippen LogP contribution in [-0.2, 0) is 0 Å². The molecule has 0 aliphatic rings. The van der Waals surface area contributed by atoms with Crippen molar-refractivity contribution in [2.24, 2.45) is 0 Å². The summed E-state index contributed by atoms with van der Waals surface area (Å²) in [5.41, 5.74) is 4.16. The number of carbonyl (C=O) groups excluding carboxylic acids is 1. The molecule has 4 heteroatoms. The molecule has 0 aliphatic heterocycles. The van der Waals surface area contributed by atoms with Gasteiger partial charge in [0.25, 0.3) is 5.91 Å². The van der Waals surface area contributed by atoms with Crippen molar-refractivity contribution in [3.8, 4) is 0 Å². The first-order valence-electron chi connectivity index (χ1n) is 6.98. The SMILES string of the molecule is Cc1ccc2cc(C(=O)Nc3ccc(Br)cc3)c(C)nc2c1. The lowest BCUT2D eigenvalue weighted by Gasteiger charge is -2.09. The number of aryl methyl sites for hydroxylation is 2. The summed E-state index contributed by atoms with van der Waals surface area (Å²) in [6.07, 6.45) is 0. The summed E-state index contributed by atoms with van der Waals surface area (Å²) in [4.78, 5) is 17.0. The third kappa shape index (κ3) is 3.02. The Kier molecular flexibility index (Phi) is 3.94. The summed E-state index contributed by atoms with van der Waals surface area (Å²) < 4.78 is 0.976. The molecule has 2 aromatic carbocycles. The van der Waals surface area contributed by atoms with Crippen LogP contribution < -0.4 is 5.32 Å². The lowest BCUT2D eigenvalue weighted by molar-refractivity contribution is 0.102. The molecule has 3 aromatic rings. The number of halogens is 1. The van der Waals surface area contributed by atoms with E-state index in [0.717, 1.165) is 32.3 Å². The number of fused-ring (bicyclic) bond motifs is 1. The van der Waals surface area contributed by atoms with Crippen molar-refractivity contribution in [1.29, 1.82) is 0 Å². The quantitative estimate of drug-likeness (QED) is 0.713. The van der Waals surface area contributed by atoms with Gasteiger partial charge < -0.3 is 5.32 Å². The van der Waals surface area contributed by atoms with E-state index in [-0.39, 0.29) is 5.91 Å². The Morgan fingerprint density at radius 3 is 2.50 bits per heavy atom. The van der Waals surface area contributed by atoms with Crippen LogP contribution in [0.4, 0.5) is 5.69 Å². The molecule has 3 nitrogen and oxygen atoms in total. The van der Waals surface area contributed by atoms with Gasteiger partial charge in [0.05, 0.1) is 16.8 Å². The largest absolute Gasteiger partial charge is 0.322 e. The first kappa shape index (κ1) is 14.7. The molecule has 0 saturated heterocycles. The molecule has 0 radical (unpaired) electrons. The number of hydrogen-bond donors (Lipinski definition) is 1. The number of rotatable bonds is 2. The molecule has 110 valence electrons. The monoisotopic (exact) mass is 354 g/mol. The summed E-state index contributed by atoms with van der Waals surface area (Å²) >= 11 is 3.38. The number of aromatic nitrogens is 1. The van der Waals surface area contributed by atoms with Gasteiger partial charge in [0, 0.05) is 15.5 Å². The highest BCUT2D eigenvalue weighted by Gasteiger charge is 2.12. The minimum absolute atomic E-state index is 0.144. The second kappa shape index (κ2) is 5.89. The molecule has 0 unspecified atom stereocenters. The molecule has 0 bridgehead atoms. The number of nitrogens with zero attached hydrogens (tertiary/aromatic N) is 1. The Hall–Kier alpha value is -2.20. The van der Waals surface area contributed by atoms with Crippen molar-refractivity contribution < 1.29 is 4.79 Å². The lowest BCUT2D eigenvalue weighted by Crippen LogP contribution is -2.14. The molecule has 1 amide bonds. The third-order valence-corrected chi connectivity index (χ3v) is 4.04. The normalized spacial score (nSPS) is 10.7. The Morgan fingerprint density at radius 2 is 1.77 bits per heavy atom. The fourth-order valence-corrected chi connectivity index (χ4v) is 2.60. The standard InChI is InChI=1S/C18H15BrN2O/c1-11-3-4-13-10-16(12(2)20-17(13)9-11)18(22)21-15-7-5-14(19)6-8-15/h3-10H,1-2H3,(H,21,22). The van der Waals surface area contributed by atoms with Crippen molar-refractivity contribution in [1.82, 2.24) is 4.98 Å². The number of anilines is 1. The number of benzene rings is 2. The lowest BCUT2D eigenvalue weighted by atomic mass is 10.1. The maximum absolute atomic E-state index is 12.5. The van der Waals surface area contributed by atoms with E-state index >= 15 is 0 Å². The number of carbonyl (C=O) groups is 1. The van der Waals surface area contributed by atoms with Gasteiger partial charge in [-0.05, 0) is 55.8 Å². The van der Waals surface area contributed by atoms with Crippen LogP contribution >= 0.6 is 15.9 Å². The zero-order valence-electron chi connectivity index (χ0n) is 12.4. The molecule has 3 rings (SSSR count). The number of pyridine rings is 1. The zero-order chi connectivity index (χ0) is 15.7. The fourth-order valence-electron chi connectivity index (χ4n) is 2.33. The van der Waals surface area contributed by atoms with Gasteiger partial charge in [-0.25, -0.2) is 0 Å². The van der Waals surface area contributed by atoms with Gasteiger partial charge in [-0.2, -0.15) is 0 Å². The molecule has 1 heterocycles. The van der Waals surface area contributed by atoms with Crippen molar-refractivity contribution in [3.63, 3.8) is 0 Å². The van der Waals surface area contributed by atoms with Gasteiger partial charge >= 0.3 is 0 Å². The topological polar surface area (TPSA) is 42.0 Å². The van der Waals surface area contributed by atoms with E-state index in [1.54, 1.807) is 0 Å². The van der Waals surface area contributed by atoms with Crippen molar-refractivity contribution >= 4 is 38.4 Å². The molecular formula is C18H15BrN2O. The first-order chi connectivity index (χ1) is 10.5. The maximum Gasteiger partial charge on any atom is 0.257 e. The van der Waals surface area contributed by atoms with Crippen LogP contribution in [0.1, 0.15) is 21.6 Å². The van der Waals surface area contributed by atoms with Crippen LogP contribution in [0.3, 0.4) is 0 Å². The maximum atomic E-state index is 12.5. The van der Waals surface area contributed by atoms with Gasteiger partial charge in [-0.15, -0.1) is 0 Å². The van der Waals surface area contributed by atoms with E-state index < -0.39 is 0 Å². The van der Waals surface area contributed by atoms with E-state index in [2.05, 4.69) is 26.2 Å². The van der Waals surface area contributed by atoms with Crippen LogP contribution in [0.25, 0.3) is 10.9 Å². The average Bonchev–Trinajstić information content (AvgIpc) is 2.48. The molecule has 1 N–H and O–H groups in total. The van der Waals surface area contributed by atoms with Crippen LogP contribution in [0.2, 0.25) is 0 Å². The summed E-state index contributed by atoms with van der Waals surface area (Å²) in [6.45, 7) is 3.89. The van der Waals surface area contributed by atoms with Gasteiger partial charge in [-0.3, -0.25) is 9.78 Å². The van der Waals surface area contributed by atoms with Crippen LogP contribution in [0.5, 0.6) is 0 Å². The third-order valence-electron chi connectivity index (χ3n) is 3.51. The molecule has 22 heavy (non-hydrogen) atoms. The second-order valence-corrected chi connectivity index (χ2v) is 6.19. The highest BCUT2D eigenvalue weighted by molar-refractivity contribution is 9.10. The van der Waals surface area contributed by atoms with Gasteiger partial charge in [-0.1, -0.05) is 28.1 Å². The Labute approximate surface area is 137 Å². The van der Waals surface area contributed by atoms with E-state index in [1.165, 1.54) is 0 Å². The minimum atomic E-state index is -0.144.